The largest absolute Gasteiger partial charge is 0.444 e. The maximum atomic E-state index is 12.5. The summed E-state index contributed by atoms with van der Waals surface area (Å²) in [5.41, 5.74) is 2.41. The van der Waals surface area contributed by atoms with Crippen LogP contribution in [-0.4, -0.2) is 30.1 Å². The quantitative estimate of drug-likeness (QED) is 0.584. The summed E-state index contributed by atoms with van der Waals surface area (Å²) in [5, 5.41) is 8.15. The molecule has 0 aliphatic carbocycles. The lowest BCUT2D eigenvalue weighted by atomic mass is 9.87. The third-order valence-electron chi connectivity index (χ3n) is 4.46. The van der Waals surface area contributed by atoms with E-state index in [9.17, 15) is 14.4 Å². The third kappa shape index (κ3) is 8.41. The Hall–Kier alpha value is -3.35. The van der Waals surface area contributed by atoms with Gasteiger partial charge in [-0.3, -0.25) is 9.59 Å². The lowest BCUT2D eigenvalue weighted by Gasteiger charge is -2.19. The first-order valence-corrected chi connectivity index (χ1v) is 10.6. The number of nitrogens with one attached hydrogen (secondary N) is 3. The van der Waals surface area contributed by atoms with Crippen LogP contribution in [0.15, 0.2) is 48.5 Å². The number of alkyl carbamates (subject to hydrolysis) is 1. The van der Waals surface area contributed by atoms with Crippen LogP contribution < -0.4 is 16.0 Å². The van der Waals surface area contributed by atoms with E-state index in [2.05, 4.69) is 36.7 Å². The van der Waals surface area contributed by atoms with Crippen molar-refractivity contribution in [2.75, 3.05) is 17.2 Å². The molecule has 0 atom stereocenters. The smallest absolute Gasteiger partial charge is 0.407 e. The summed E-state index contributed by atoms with van der Waals surface area (Å²) in [6, 6.07) is 14.4. The van der Waals surface area contributed by atoms with Crippen LogP contribution >= 0.6 is 0 Å². The van der Waals surface area contributed by atoms with E-state index in [1.54, 1.807) is 45.0 Å². The number of ether oxygens (including phenoxy) is 1. The number of hydrogen-bond acceptors (Lipinski definition) is 4. The van der Waals surface area contributed by atoms with E-state index < -0.39 is 11.7 Å². The Morgan fingerprint density at radius 1 is 0.781 bits per heavy atom. The summed E-state index contributed by atoms with van der Waals surface area (Å²) >= 11 is 0. The number of rotatable bonds is 6. The molecular formula is C25H33N3O4. The Morgan fingerprint density at radius 3 is 1.81 bits per heavy atom. The Bertz CT molecular complexity index is 937. The second-order valence-electron chi connectivity index (χ2n) is 9.59. The van der Waals surface area contributed by atoms with Gasteiger partial charge in [0.25, 0.3) is 5.91 Å². The van der Waals surface area contributed by atoms with Gasteiger partial charge in [-0.05, 0) is 68.1 Å². The molecular weight excluding hydrogens is 406 g/mol. The fraction of sp³-hybridized carbons (Fsp3) is 0.400. The van der Waals surface area contributed by atoms with Crippen molar-refractivity contribution in [1.29, 1.82) is 0 Å². The molecule has 0 radical (unpaired) electrons. The van der Waals surface area contributed by atoms with Crippen molar-refractivity contribution in [3.63, 3.8) is 0 Å². The molecule has 0 aromatic heterocycles. The minimum atomic E-state index is -0.584. The predicted molar refractivity (Wildman–Crippen MR) is 127 cm³/mol. The predicted octanol–water partition coefficient (Wildman–Crippen LogP) is 5.09. The van der Waals surface area contributed by atoms with Crippen molar-refractivity contribution in [3.8, 4) is 0 Å². The molecule has 0 saturated carbocycles. The highest BCUT2D eigenvalue weighted by atomic mass is 16.6. The van der Waals surface area contributed by atoms with Gasteiger partial charge in [0, 0.05) is 29.9 Å². The van der Waals surface area contributed by atoms with Gasteiger partial charge in [-0.15, -0.1) is 0 Å². The van der Waals surface area contributed by atoms with Gasteiger partial charge in [-0.25, -0.2) is 4.79 Å². The van der Waals surface area contributed by atoms with Crippen molar-refractivity contribution in [1.82, 2.24) is 5.32 Å². The van der Waals surface area contributed by atoms with Gasteiger partial charge < -0.3 is 20.7 Å². The Kier molecular flexibility index (Phi) is 8.02. The van der Waals surface area contributed by atoms with Gasteiger partial charge in [0.2, 0.25) is 5.91 Å². The Morgan fingerprint density at radius 2 is 1.31 bits per heavy atom. The van der Waals surface area contributed by atoms with Gasteiger partial charge in [-0.1, -0.05) is 32.9 Å². The molecule has 0 heterocycles. The van der Waals surface area contributed by atoms with Crippen molar-refractivity contribution >= 4 is 29.3 Å². The molecule has 0 fully saturated rings. The number of carbonyl (C=O) groups is 3. The summed E-state index contributed by atoms with van der Waals surface area (Å²) in [6.45, 7) is 11.9. The fourth-order valence-electron chi connectivity index (χ4n) is 2.78. The molecule has 0 bridgehead atoms. The number of anilines is 2. The summed E-state index contributed by atoms with van der Waals surface area (Å²) in [5.74, 6) is -0.438. The van der Waals surface area contributed by atoms with Gasteiger partial charge in [0.05, 0.1) is 0 Å². The second kappa shape index (κ2) is 10.3. The van der Waals surface area contributed by atoms with Gasteiger partial charge in [0.1, 0.15) is 5.60 Å². The first-order chi connectivity index (χ1) is 14.8. The summed E-state index contributed by atoms with van der Waals surface area (Å²) < 4.78 is 5.12. The van der Waals surface area contributed by atoms with Crippen LogP contribution in [0.4, 0.5) is 16.2 Å². The molecule has 0 aliphatic heterocycles. The summed E-state index contributed by atoms with van der Waals surface area (Å²) in [7, 11) is 0. The second-order valence-corrected chi connectivity index (χ2v) is 9.59. The molecule has 7 nitrogen and oxygen atoms in total. The van der Waals surface area contributed by atoms with Gasteiger partial charge >= 0.3 is 6.09 Å². The van der Waals surface area contributed by atoms with Crippen molar-refractivity contribution < 1.29 is 19.1 Å². The number of amides is 3. The fourth-order valence-corrected chi connectivity index (χ4v) is 2.78. The van der Waals surface area contributed by atoms with E-state index in [1.165, 1.54) is 0 Å². The lowest BCUT2D eigenvalue weighted by molar-refractivity contribution is -0.116. The molecule has 0 spiro atoms. The standard InChI is InChI=1S/C25H33N3O4/c1-24(2,3)18-9-7-17(8-10-18)22(30)28-20-13-11-19(12-14-20)27-21(29)15-16-26-23(31)32-25(4,5)6/h7-14H,15-16H2,1-6H3,(H,26,31)(H,27,29)(H,28,30). The highest BCUT2D eigenvalue weighted by Gasteiger charge is 2.16. The third-order valence-corrected chi connectivity index (χ3v) is 4.46. The van der Waals surface area contributed by atoms with Crippen LogP contribution in [0.5, 0.6) is 0 Å². The highest BCUT2D eigenvalue weighted by Crippen LogP contribution is 2.22. The molecule has 2 aromatic rings. The average Bonchev–Trinajstić information content (AvgIpc) is 2.67. The van der Waals surface area contributed by atoms with Crippen molar-refractivity contribution in [2.45, 2.75) is 59.0 Å². The zero-order valence-electron chi connectivity index (χ0n) is 19.7. The van der Waals surface area contributed by atoms with E-state index in [1.807, 2.05) is 24.3 Å². The minimum absolute atomic E-state index is 0.0288. The Labute approximate surface area is 189 Å². The molecule has 32 heavy (non-hydrogen) atoms. The topological polar surface area (TPSA) is 96.5 Å². The molecule has 7 heteroatoms. The number of benzene rings is 2. The first-order valence-electron chi connectivity index (χ1n) is 10.6. The number of hydrogen-bond donors (Lipinski definition) is 3. The van der Waals surface area contributed by atoms with Crippen LogP contribution in [0.1, 0.15) is 63.9 Å². The summed E-state index contributed by atoms with van der Waals surface area (Å²) in [6.07, 6.45) is -0.444. The van der Waals surface area contributed by atoms with E-state index >= 15 is 0 Å². The average molecular weight is 440 g/mol. The zero-order chi connectivity index (χ0) is 23.9. The van der Waals surface area contributed by atoms with E-state index in [0.717, 1.165) is 5.56 Å². The van der Waals surface area contributed by atoms with E-state index in [0.29, 0.717) is 16.9 Å². The van der Waals surface area contributed by atoms with Gasteiger partial charge in [-0.2, -0.15) is 0 Å². The maximum Gasteiger partial charge on any atom is 0.407 e. The summed E-state index contributed by atoms with van der Waals surface area (Å²) in [4.78, 5) is 36.1. The van der Waals surface area contributed by atoms with E-state index in [-0.39, 0.29) is 30.2 Å². The normalized spacial score (nSPS) is 11.4. The molecule has 2 aromatic carbocycles. The zero-order valence-corrected chi connectivity index (χ0v) is 19.7. The van der Waals surface area contributed by atoms with E-state index in [4.69, 9.17) is 4.74 Å². The van der Waals surface area contributed by atoms with Crippen molar-refractivity contribution in [3.05, 3.63) is 59.7 Å². The van der Waals surface area contributed by atoms with Crippen molar-refractivity contribution in [2.24, 2.45) is 0 Å². The first kappa shape index (κ1) is 24.9. The number of carbonyl (C=O) groups excluding carboxylic acids is 3. The molecule has 0 saturated heterocycles. The monoisotopic (exact) mass is 439 g/mol. The van der Waals surface area contributed by atoms with Gasteiger partial charge in [0.15, 0.2) is 0 Å². The van der Waals surface area contributed by atoms with Crippen LogP contribution in [0, 0.1) is 0 Å². The molecule has 3 amide bonds. The highest BCUT2D eigenvalue weighted by molar-refractivity contribution is 6.04. The van der Waals surface area contributed by atoms with Crippen LogP contribution in [0.25, 0.3) is 0 Å². The molecule has 3 N–H and O–H groups in total. The van der Waals surface area contributed by atoms with Crippen LogP contribution in [-0.2, 0) is 14.9 Å². The van der Waals surface area contributed by atoms with Crippen LogP contribution in [0.2, 0.25) is 0 Å². The molecule has 0 aliphatic rings. The lowest BCUT2D eigenvalue weighted by Crippen LogP contribution is -2.34. The maximum absolute atomic E-state index is 12.5. The Balaban J connectivity index is 1.82. The molecule has 0 unspecified atom stereocenters. The molecule has 172 valence electrons. The minimum Gasteiger partial charge on any atom is -0.444 e. The molecule has 2 rings (SSSR count). The SMILES string of the molecule is CC(C)(C)OC(=O)NCCC(=O)Nc1ccc(NC(=O)c2ccc(C(C)(C)C)cc2)cc1. The van der Waals surface area contributed by atoms with Crippen LogP contribution in [0.3, 0.4) is 0 Å².